The largest absolute Gasteiger partial charge is 0.392 e. The first kappa shape index (κ1) is 13.5. The van der Waals surface area contributed by atoms with Gasteiger partial charge in [0.15, 0.2) is 0 Å². The molecule has 0 bridgehead atoms. The fraction of sp³-hybridized carbons (Fsp3) is 0.357. The standard InChI is InChI=1S/C14H16N2O3S/c17-13-6-8-16(9-13)20(18,19)10-12-4-1-3-11-5-2-7-15-14(11)12/h1-5,7,13,17H,6,8-10H2/t13-/m1/s1. The summed E-state index contributed by atoms with van der Waals surface area (Å²) in [5, 5.41) is 10.4. The Bertz CT molecular complexity index is 725. The summed E-state index contributed by atoms with van der Waals surface area (Å²) in [7, 11) is -3.40. The highest BCUT2D eigenvalue weighted by atomic mass is 32.2. The van der Waals surface area contributed by atoms with Crippen LogP contribution < -0.4 is 0 Å². The molecule has 0 spiro atoms. The zero-order valence-electron chi connectivity index (χ0n) is 10.9. The topological polar surface area (TPSA) is 70.5 Å². The van der Waals surface area contributed by atoms with Crippen LogP contribution in [-0.2, 0) is 15.8 Å². The maximum atomic E-state index is 12.4. The molecule has 1 fully saturated rings. The van der Waals surface area contributed by atoms with Gasteiger partial charge in [0.2, 0.25) is 10.0 Å². The molecule has 2 aromatic rings. The number of aliphatic hydroxyl groups excluding tert-OH is 1. The van der Waals surface area contributed by atoms with Crippen LogP contribution in [0.25, 0.3) is 10.9 Å². The van der Waals surface area contributed by atoms with Crippen molar-refractivity contribution in [2.45, 2.75) is 18.3 Å². The van der Waals surface area contributed by atoms with E-state index in [9.17, 15) is 13.5 Å². The van der Waals surface area contributed by atoms with Gasteiger partial charge in [0.25, 0.3) is 0 Å². The van der Waals surface area contributed by atoms with Gasteiger partial charge in [-0.2, -0.15) is 4.31 Å². The van der Waals surface area contributed by atoms with Crippen molar-refractivity contribution >= 4 is 20.9 Å². The molecule has 2 heterocycles. The quantitative estimate of drug-likeness (QED) is 0.920. The Morgan fingerprint density at radius 3 is 2.85 bits per heavy atom. The van der Waals surface area contributed by atoms with Crippen molar-refractivity contribution in [2.75, 3.05) is 13.1 Å². The lowest BCUT2D eigenvalue weighted by Crippen LogP contribution is -2.30. The molecule has 0 saturated carbocycles. The van der Waals surface area contributed by atoms with Gasteiger partial charge in [0, 0.05) is 24.7 Å². The van der Waals surface area contributed by atoms with E-state index in [1.807, 2.05) is 24.3 Å². The van der Waals surface area contributed by atoms with Crippen LogP contribution in [0.1, 0.15) is 12.0 Å². The van der Waals surface area contributed by atoms with E-state index in [-0.39, 0.29) is 12.3 Å². The van der Waals surface area contributed by atoms with E-state index < -0.39 is 16.1 Å². The third kappa shape index (κ3) is 2.54. The van der Waals surface area contributed by atoms with E-state index in [1.54, 1.807) is 12.3 Å². The predicted molar refractivity (Wildman–Crippen MR) is 76.6 cm³/mol. The molecule has 0 radical (unpaired) electrons. The van der Waals surface area contributed by atoms with Gasteiger partial charge in [0.1, 0.15) is 0 Å². The van der Waals surface area contributed by atoms with E-state index in [0.717, 1.165) is 10.9 Å². The Balaban J connectivity index is 1.93. The average molecular weight is 292 g/mol. The second kappa shape index (κ2) is 5.12. The van der Waals surface area contributed by atoms with Crippen molar-refractivity contribution in [2.24, 2.45) is 0 Å². The Hall–Kier alpha value is -1.50. The van der Waals surface area contributed by atoms with Crippen molar-refractivity contribution in [3.8, 4) is 0 Å². The van der Waals surface area contributed by atoms with Crippen LogP contribution in [0.3, 0.4) is 0 Å². The zero-order valence-corrected chi connectivity index (χ0v) is 11.8. The second-order valence-electron chi connectivity index (χ2n) is 5.05. The molecule has 5 nitrogen and oxygen atoms in total. The zero-order chi connectivity index (χ0) is 14.2. The van der Waals surface area contributed by atoms with Crippen molar-refractivity contribution in [3.05, 3.63) is 42.1 Å². The molecule has 3 rings (SSSR count). The van der Waals surface area contributed by atoms with Crippen LogP contribution in [0, 0.1) is 0 Å². The molecule has 1 aliphatic rings. The number of hydrogen-bond acceptors (Lipinski definition) is 4. The molecule has 106 valence electrons. The van der Waals surface area contributed by atoms with Crippen LogP contribution in [0.4, 0.5) is 0 Å². The summed E-state index contributed by atoms with van der Waals surface area (Å²) in [6.07, 6.45) is 1.63. The highest BCUT2D eigenvalue weighted by Gasteiger charge is 2.30. The molecular formula is C14H16N2O3S. The summed E-state index contributed by atoms with van der Waals surface area (Å²) < 4.78 is 26.1. The number of aromatic nitrogens is 1. The predicted octanol–water partition coefficient (Wildman–Crippen LogP) is 1.13. The molecule has 1 aromatic carbocycles. The van der Waals surface area contributed by atoms with Crippen molar-refractivity contribution in [3.63, 3.8) is 0 Å². The third-order valence-electron chi connectivity index (χ3n) is 3.57. The van der Waals surface area contributed by atoms with E-state index in [2.05, 4.69) is 4.98 Å². The summed E-state index contributed by atoms with van der Waals surface area (Å²) >= 11 is 0. The Labute approximate surface area is 117 Å². The van der Waals surface area contributed by atoms with Gasteiger partial charge >= 0.3 is 0 Å². The van der Waals surface area contributed by atoms with Crippen LogP contribution in [0.2, 0.25) is 0 Å². The number of benzene rings is 1. The Kier molecular flexibility index (Phi) is 3.45. The van der Waals surface area contributed by atoms with Gasteiger partial charge in [-0.25, -0.2) is 8.42 Å². The lowest BCUT2D eigenvalue weighted by Gasteiger charge is -2.16. The second-order valence-corrected chi connectivity index (χ2v) is 7.02. The summed E-state index contributed by atoms with van der Waals surface area (Å²) in [5.74, 6) is -0.0753. The lowest BCUT2D eigenvalue weighted by atomic mass is 10.1. The third-order valence-corrected chi connectivity index (χ3v) is 5.37. The minimum absolute atomic E-state index is 0.0753. The first-order chi connectivity index (χ1) is 9.56. The molecule has 0 aliphatic carbocycles. The maximum Gasteiger partial charge on any atom is 0.218 e. The van der Waals surface area contributed by atoms with Crippen LogP contribution in [0.15, 0.2) is 36.5 Å². The molecule has 1 atom stereocenters. The Morgan fingerprint density at radius 2 is 2.10 bits per heavy atom. The van der Waals surface area contributed by atoms with Crippen molar-refractivity contribution in [1.29, 1.82) is 0 Å². The fourth-order valence-corrected chi connectivity index (χ4v) is 4.13. The molecule has 6 heteroatoms. The normalized spacial score (nSPS) is 20.6. The molecule has 0 amide bonds. The highest BCUT2D eigenvalue weighted by Crippen LogP contribution is 2.22. The number of nitrogens with zero attached hydrogens (tertiary/aromatic N) is 2. The van der Waals surface area contributed by atoms with E-state index in [4.69, 9.17) is 0 Å². The van der Waals surface area contributed by atoms with E-state index >= 15 is 0 Å². The van der Waals surface area contributed by atoms with Gasteiger partial charge < -0.3 is 5.11 Å². The van der Waals surface area contributed by atoms with Gasteiger partial charge in [-0.15, -0.1) is 0 Å². The van der Waals surface area contributed by atoms with Crippen LogP contribution in [-0.4, -0.2) is 42.0 Å². The molecule has 1 N–H and O–H groups in total. The summed E-state index contributed by atoms with van der Waals surface area (Å²) in [6.45, 7) is 0.586. The van der Waals surface area contributed by atoms with Crippen LogP contribution in [0.5, 0.6) is 0 Å². The summed E-state index contributed by atoms with van der Waals surface area (Å²) in [6, 6.07) is 9.29. The number of aliphatic hydroxyl groups is 1. The molecule has 1 saturated heterocycles. The van der Waals surface area contributed by atoms with E-state index in [0.29, 0.717) is 18.5 Å². The van der Waals surface area contributed by atoms with Gasteiger partial charge in [-0.05, 0) is 18.1 Å². The number of sulfonamides is 1. The minimum Gasteiger partial charge on any atom is -0.392 e. The SMILES string of the molecule is O=S(=O)(Cc1cccc2cccnc12)N1CC[C@@H](O)C1. The van der Waals surface area contributed by atoms with Gasteiger partial charge in [-0.3, -0.25) is 4.98 Å². The fourth-order valence-electron chi connectivity index (χ4n) is 2.53. The summed E-state index contributed by atoms with van der Waals surface area (Å²) in [4.78, 5) is 4.27. The number of hydrogen-bond donors (Lipinski definition) is 1. The number of β-amino-alcohol motifs (C(OH)–C–C–N with tert-alkyl or cyclic N) is 1. The molecule has 0 unspecified atom stereocenters. The molecule has 1 aliphatic heterocycles. The highest BCUT2D eigenvalue weighted by molar-refractivity contribution is 7.88. The van der Waals surface area contributed by atoms with Gasteiger partial charge in [0.05, 0.1) is 17.4 Å². The van der Waals surface area contributed by atoms with Gasteiger partial charge in [-0.1, -0.05) is 24.3 Å². The first-order valence-electron chi connectivity index (χ1n) is 6.55. The number of rotatable bonds is 3. The van der Waals surface area contributed by atoms with Crippen molar-refractivity contribution in [1.82, 2.24) is 9.29 Å². The molecular weight excluding hydrogens is 276 g/mol. The number of fused-ring (bicyclic) bond motifs is 1. The first-order valence-corrected chi connectivity index (χ1v) is 8.16. The Morgan fingerprint density at radius 1 is 1.30 bits per heavy atom. The average Bonchev–Trinajstić information content (AvgIpc) is 2.86. The monoisotopic (exact) mass is 292 g/mol. The smallest absolute Gasteiger partial charge is 0.218 e. The number of para-hydroxylation sites is 1. The lowest BCUT2D eigenvalue weighted by molar-refractivity contribution is 0.189. The molecule has 1 aromatic heterocycles. The minimum atomic E-state index is -3.40. The number of pyridine rings is 1. The van der Waals surface area contributed by atoms with Crippen LogP contribution >= 0.6 is 0 Å². The van der Waals surface area contributed by atoms with Crippen molar-refractivity contribution < 1.29 is 13.5 Å². The summed E-state index contributed by atoms with van der Waals surface area (Å²) in [5.41, 5.74) is 1.42. The van der Waals surface area contributed by atoms with E-state index in [1.165, 1.54) is 4.31 Å². The molecule has 20 heavy (non-hydrogen) atoms. The maximum absolute atomic E-state index is 12.4.